The molecule has 7 nitrogen and oxygen atoms in total. The molecule has 0 aliphatic rings. The molecule has 110 valence electrons. The van der Waals surface area contributed by atoms with E-state index in [1.165, 1.54) is 11.3 Å². The first-order valence-electron chi connectivity index (χ1n) is 5.82. The molecule has 3 N–H and O–H groups in total. The molecule has 0 unspecified atom stereocenters. The van der Waals surface area contributed by atoms with Gasteiger partial charge in [-0.1, -0.05) is 0 Å². The van der Waals surface area contributed by atoms with Crippen LogP contribution in [0.3, 0.4) is 0 Å². The molecule has 9 heteroatoms. The Morgan fingerprint density at radius 1 is 1.57 bits per heavy atom. The summed E-state index contributed by atoms with van der Waals surface area (Å²) in [6.07, 6.45) is 1.59. The number of hydrogen-bond donors (Lipinski definition) is 2. The first-order valence-corrected chi connectivity index (χ1v) is 6.63. The third-order valence-corrected chi connectivity index (χ3v) is 3.60. The number of nitrogen functional groups attached to an aromatic ring is 1. The number of nitro benzene ring substituents is 1. The van der Waals surface area contributed by atoms with Crippen molar-refractivity contribution in [2.24, 2.45) is 0 Å². The highest BCUT2D eigenvalue weighted by molar-refractivity contribution is 7.11. The maximum Gasteiger partial charge on any atom is 0.293 e. The Morgan fingerprint density at radius 3 is 2.86 bits per heavy atom. The number of aromatic nitrogens is 1. The fraction of sp³-hybridized carbons (Fsp3) is 0.167. The summed E-state index contributed by atoms with van der Waals surface area (Å²) in [5.41, 5.74) is 3.99. The van der Waals surface area contributed by atoms with Crippen LogP contribution >= 0.6 is 11.3 Å². The highest BCUT2D eigenvalue weighted by Gasteiger charge is 2.23. The lowest BCUT2D eigenvalue weighted by Crippen LogP contribution is -2.25. The number of nitrogens with one attached hydrogen (secondary N) is 1. The predicted molar refractivity (Wildman–Crippen MR) is 75.5 cm³/mol. The Balaban J connectivity index is 2.22. The van der Waals surface area contributed by atoms with Crippen molar-refractivity contribution in [3.63, 3.8) is 0 Å². The number of carbonyl (C=O) groups is 1. The van der Waals surface area contributed by atoms with Gasteiger partial charge in [0.2, 0.25) is 0 Å². The third-order valence-electron chi connectivity index (χ3n) is 2.69. The van der Waals surface area contributed by atoms with E-state index in [-0.39, 0.29) is 6.54 Å². The number of amides is 1. The van der Waals surface area contributed by atoms with E-state index < -0.39 is 33.6 Å². The Bertz CT molecular complexity index is 717. The van der Waals surface area contributed by atoms with E-state index in [0.29, 0.717) is 0 Å². The fourth-order valence-electron chi connectivity index (χ4n) is 1.71. The minimum absolute atomic E-state index is 0.145. The van der Waals surface area contributed by atoms with Crippen molar-refractivity contribution in [2.45, 2.75) is 13.5 Å². The number of thiazole rings is 1. The number of anilines is 1. The lowest BCUT2D eigenvalue weighted by atomic mass is 10.1. The quantitative estimate of drug-likeness (QED) is 0.510. The molecule has 1 aromatic heterocycles. The molecule has 21 heavy (non-hydrogen) atoms. The minimum Gasteiger partial charge on any atom is -0.392 e. The number of nitrogens with two attached hydrogens (primary N) is 1. The van der Waals surface area contributed by atoms with Gasteiger partial charge in [-0.2, -0.15) is 0 Å². The summed E-state index contributed by atoms with van der Waals surface area (Å²) >= 11 is 1.38. The lowest BCUT2D eigenvalue weighted by molar-refractivity contribution is -0.384. The summed E-state index contributed by atoms with van der Waals surface area (Å²) in [4.78, 5) is 26.8. The third kappa shape index (κ3) is 3.14. The number of rotatable bonds is 4. The van der Waals surface area contributed by atoms with Crippen LogP contribution < -0.4 is 11.1 Å². The van der Waals surface area contributed by atoms with Gasteiger partial charge in [0.15, 0.2) is 0 Å². The minimum atomic E-state index is -0.906. The van der Waals surface area contributed by atoms with Gasteiger partial charge in [0, 0.05) is 17.1 Å². The van der Waals surface area contributed by atoms with Crippen LogP contribution in [0.1, 0.15) is 20.2 Å². The van der Waals surface area contributed by atoms with E-state index in [9.17, 15) is 19.3 Å². The Hall–Kier alpha value is -2.55. The van der Waals surface area contributed by atoms with Crippen molar-refractivity contribution < 1.29 is 14.1 Å². The van der Waals surface area contributed by atoms with Crippen LogP contribution in [0, 0.1) is 22.9 Å². The van der Waals surface area contributed by atoms with Crippen LogP contribution in [0.2, 0.25) is 0 Å². The Labute approximate surface area is 122 Å². The van der Waals surface area contributed by atoms with Crippen LogP contribution in [-0.2, 0) is 6.54 Å². The first kappa shape index (κ1) is 14.9. The van der Waals surface area contributed by atoms with Crippen molar-refractivity contribution in [1.29, 1.82) is 0 Å². The number of carbonyl (C=O) groups excluding carboxylic acids is 1. The number of nitrogens with zero attached hydrogens (tertiary/aromatic N) is 2. The zero-order valence-electron chi connectivity index (χ0n) is 10.9. The maximum absolute atomic E-state index is 13.7. The second-order valence-corrected chi connectivity index (χ2v) is 5.46. The summed E-state index contributed by atoms with van der Waals surface area (Å²) in [6, 6.07) is 1.77. The van der Waals surface area contributed by atoms with Gasteiger partial charge < -0.3 is 11.1 Å². The monoisotopic (exact) mass is 310 g/mol. The number of aryl methyl sites for hydroxylation is 1. The van der Waals surface area contributed by atoms with Gasteiger partial charge in [-0.3, -0.25) is 14.9 Å². The maximum atomic E-state index is 13.7. The van der Waals surface area contributed by atoms with E-state index in [0.717, 1.165) is 22.0 Å². The smallest absolute Gasteiger partial charge is 0.293 e. The van der Waals surface area contributed by atoms with Gasteiger partial charge >= 0.3 is 0 Å². The molecular formula is C12H11FN4O3S. The summed E-state index contributed by atoms with van der Waals surface area (Å²) in [5.74, 6) is -1.71. The van der Waals surface area contributed by atoms with Gasteiger partial charge in [-0.25, -0.2) is 9.37 Å². The number of benzene rings is 1. The molecule has 1 amide bonds. The molecule has 0 aliphatic heterocycles. The molecule has 0 radical (unpaired) electrons. The van der Waals surface area contributed by atoms with Crippen molar-refractivity contribution in [3.05, 3.63) is 49.7 Å². The first-order chi connectivity index (χ1) is 9.90. The molecule has 0 saturated carbocycles. The molecule has 0 atom stereocenters. The second-order valence-electron chi connectivity index (χ2n) is 4.14. The largest absolute Gasteiger partial charge is 0.392 e. The molecule has 2 aromatic rings. The molecule has 0 spiro atoms. The average molecular weight is 310 g/mol. The normalized spacial score (nSPS) is 10.4. The highest BCUT2D eigenvalue weighted by Crippen LogP contribution is 2.27. The summed E-state index contributed by atoms with van der Waals surface area (Å²) in [7, 11) is 0. The van der Waals surface area contributed by atoms with Crippen molar-refractivity contribution in [3.8, 4) is 0 Å². The molecule has 0 bridgehead atoms. The van der Waals surface area contributed by atoms with Gasteiger partial charge in [0.05, 0.1) is 16.5 Å². The van der Waals surface area contributed by atoms with Crippen LogP contribution in [0.15, 0.2) is 18.3 Å². The van der Waals surface area contributed by atoms with Crippen LogP contribution in [-0.4, -0.2) is 15.8 Å². The van der Waals surface area contributed by atoms with Crippen molar-refractivity contribution in [2.75, 3.05) is 5.73 Å². The second kappa shape index (κ2) is 5.83. The summed E-state index contributed by atoms with van der Waals surface area (Å²) in [5, 5.41) is 14.1. The van der Waals surface area contributed by atoms with E-state index in [4.69, 9.17) is 5.73 Å². The van der Waals surface area contributed by atoms with E-state index in [1.54, 1.807) is 6.20 Å². The zero-order chi connectivity index (χ0) is 15.6. The van der Waals surface area contributed by atoms with Crippen LogP contribution in [0.5, 0.6) is 0 Å². The average Bonchev–Trinajstić information content (AvgIpc) is 2.82. The number of hydrogen-bond acceptors (Lipinski definition) is 6. The topological polar surface area (TPSA) is 111 Å². The van der Waals surface area contributed by atoms with E-state index in [1.807, 2.05) is 6.92 Å². The molecule has 0 aliphatic carbocycles. The van der Waals surface area contributed by atoms with E-state index in [2.05, 4.69) is 10.3 Å². The summed E-state index contributed by atoms with van der Waals surface area (Å²) in [6.45, 7) is 1.96. The molecule has 1 heterocycles. The van der Waals surface area contributed by atoms with Crippen LogP contribution in [0.4, 0.5) is 15.8 Å². The standard InChI is InChI=1S/C12H11FN4O3S/c1-6-15-4-7(21-6)5-16-12(18)10-8(13)2-3-9(11(10)14)17(19)20/h2-4H,5,14H2,1H3,(H,16,18). The van der Waals surface area contributed by atoms with E-state index >= 15 is 0 Å². The van der Waals surface area contributed by atoms with Gasteiger partial charge in [-0.15, -0.1) is 11.3 Å². The fourth-order valence-corrected chi connectivity index (χ4v) is 2.45. The predicted octanol–water partition coefficient (Wildman–Crippen LogP) is 2.01. The number of nitro groups is 1. The Morgan fingerprint density at radius 2 is 2.29 bits per heavy atom. The summed E-state index contributed by atoms with van der Waals surface area (Å²) < 4.78 is 13.7. The van der Waals surface area contributed by atoms with Gasteiger partial charge in [0.25, 0.3) is 11.6 Å². The van der Waals surface area contributed by atoms with Crippen molar-refractivity contribution >= 4 is 28.6 Å². The lowest BCUT2D eigenvalue weighted by Gasteiger charge is -2.08. The molecule has 0 saturated heterocycles. The van der Waals surface area contributed by atoms with Crippen LogP contribution in [0.25, 0.3) is 0 Å². The number of halogens is 1. The van der Waals surface area contributed by atoms with Crippen molar-refractivity contribution in [1.82, 2.24) is 10.3 Å². The molecule has 2 rings (SSSR count). The van der Waals surface area contributed by atoms with Gasteiger partial charge in [0.1, 0.15) is 17.1 Å². The zero-order valence-corrected chi connectivity index (χ0v) is 11.7. The highest BCUT2D eigenvalue weighted by atomic mass is 32.1. The SMILES string of the molecule is Cc1ncc(CNC(=O)c2c(F)ccc([N+](=O)[O-])c2N)s1. The molecular weight excluding hydrogens is 299 g/mol. The van der Waals surface area contributed by atoms with Gasteiger partial charge in [-0.05, 0) is 13.0 Å². The molecule has 0 fully saturated rings. The molecule has 1 aromatic carbocycles. The Kier molecular flexibility index (Phi) is 4.13.